The van der Waals surface area contributed by atoms with E-state index in [2.05, 4.69) is 5.32 Å². The average molecular weight is 381 g/mol. The van der Waals surface area contributed by atoms with E-state index in [1.54, 1.807) is 12.1 Å². The largest absolute Gasteiger partial charge is 0.399 e. The number of hydrogen-bond acceptors (Lipinski definition) is 3. The van der Waals surface area contributed by atoms with Gasteiger partial charge in [0.15, 0.2) is 0 Å². The Bertz CT molecular complexity index is 785. The number of rotatable bonds is 4. The summed E-state index contributed by atoms with van der Waals surface area (Å²) < 4.78 is 12.0. The molecule has 4 nitrogen and oxygen atoms in total. The second-order valence-corrected chi connectivity index (χ2v) is 9.04. The van der Waals surface area contributed by atoms with Crippen LogP contribution in [0.25, 0.3) is 0 Å². The van der Waals surface area contributed by atoms with Gasteiger partial charge in [-0.1, -0.05) is 18.2 Å². The van der Waals surface area contributed by atoms with Gasteiger partial charge in [0.1, 0.15) is 0 Å². The molecule has 0 fully saturated rings. The highest BCUT2D eigenvalue weighted by molar-refractivity contribution is 7.85. The van der Waals surface area contributed by atoms with E-state index >= 15 is 0 Å². The van der Waals surface area contributed by atoms with Crippen LogP contribution in [0.15, 0.2) is 42.5 Å². The first-order valence-corrected chi connectivity index (χ1v) is 9.13. The number of anilines is 2. The van der Waals surface area contributed by atoms with Crippen molar-refractivity contribution in [2.24, 2.45) is 0 Å². The monoisotopic (exact) mass is 380 g/mol. The summed E-state index contributed by atoms with van der Waals surface area (Å²) in [6.07, 6.45) is 0. The van der Waals surface area contributed by atoms with E-state index in [9.17, 15) is 9.00 Å². The predicted molar refractivity (Wildman–Crippen MR) is 109 cm³/mol. The lowest BCUT2D eigenvalue weighted by Gasteiger charge is -2.18. The van der Waals surface area contributed by atoms with Crippen molar-refractivity contribution >= 4 is 40.5 Å². The van der Waals surface area contributed by atoms with E-state index in [0.29, 0.717) is 22.7 Å². The molecule has 2 rings (SSSR count). The summed E-state index contributed by atoms with van der Waals surface area (Å²) >= 11 is 0. The van der Waals surface area contributed by atoms with Crippen molar-refractivity contribution in [1.82, 2.24) is 0 Å². The molecule has 0 saturated carbocycles. The van der Waals surface area contributed by atoms with Crippen LogP contribution in [0.3, 0.4) is 0 Å². The molecule has 2 aromatic rings. The summed E-state index contributed by atoms with van der Waals surface area (Å²) in [5, 5.41) is 2.89. The number of amides is 1. The third-order valence-corrected chi connectivity index (χ3v) is 5.63. The second kappa shape index (κ2) is 8.50. The van der Waals surface area contributed by atoms with Crippen molar-refractivity contribution in [3.63, 3.8) is 0 Å². The molecule has 1 unspecified atom stereocenters. The summed E-state index contributed by atoms with van der Waals surface area (Å²) in [7, 11) is -0.981. The fourth-order valence-electron chi connectivity index (χ4n) is 2.19. The molecule has 136 valence electrons. The number of carbonyl (C=O) groups is 1. The SMILES string of the molecule is Cc1ccc(N)cc1C(=O)Nc1cccc(CS(=O)C(C)(C)C)c1.Cl. The predicted octanol–water partition coefficient (Wildman–Crippen LogP) is 4.30. The molecule has 25 heavy (non-hydrogen) atoms. The van der Waals surface area contributed by atoms with Crippen molar-refractivity contribution in [1.29, 1.82) is 0 Å². The van der Waals surface area contributed by atoms with E-state index < -0.39 is 10.8 Å². The third-order valence-electron chi connectivity index (χ3n) is 3.67. The molecule has 0 radical (unpaired) electrons. The maximum absolute atomic E-state index is 12.5. The zero-order valence-electron chi connectivity index (χ0n) is 15.0. The molecular formula is C19H25ClN2O2S. The van der Waals surface area contributed by atoms with Crippen LogP contribution in [-0.4, -0.2) is 14.9 Å². The molecule has 0 saturated heterocycles. The van der Waals surface area contributed by atoms with Gasteiger partial charge >= 0.3 is 0 Å². The molecule has 1 amide bonds. The van der Waals surface area contributed by atoms with Gasteiger partial charge in [-0.15, -0.1) is 12.4 Å². The van der Waals surface area contributed by atoms with Crippen LogP contribution in [0.5, 0.6) is 0 Å². The molecule has 0 heterocycles. The molecule has 0 aliphatic carbocycles. The number of halogens is 1. The van der Waals surface area contributed by atoms with Gasteiger partial charge in [-0.25, -0.2) is 0 Å². The van der Waals surface area contributed by atoms with Crippen LogP contribution < -0.4 is 11.1 Å². The Balaban J connectivity index is 0.00000312. The van der Waals surface area contributed by atoms with E-state index in [1.807, 2.05) is 58.0 Å². The summed E-state index contributed by atoms with van der Waals surface area (Å²) in [4.78, 5) is 12.5. The van der Waals surface area contributed by atoms with E-state index in [4.69, 9.17) is 5.73 Å². The average Bonchev–Trinajstić information content (AvgIpc) is 2.49. The number of nitrogens with one attached hydrogen (secondary N) is 1. The van der Waals surface area contributed by atoms with Crippen molar-refractivity contribution in [3.05, 3.63) is 59.2 Å². The van der Waals surface area contributed by atoms with Crippen LogP contribution in [0.1, 0.15) is 42.3 Å². The first kappa shape index (κ1) is 21.2. The molecule has 0 aliphatic heterocycles. The van der Waals surface area contributed by atoms with Gasteiger partial charge in [0.2, 0.25) is 0 Å². The zero-order valence-corrected chi connectivity index (χ0v) is 16.6. The lowest BCUT2D eigenvalue weighted by molar-refractivity contribution is 0.102. The first-order chi connectivity index (χ1) is 11.2. The first-order valence-electron chi connectivity index (χ1n) is 7.82. The highest BCUT2D eigenvalue weighted by Crippen LogP contribution is 2.20. The Morgan fingerprint density at radius 1 is 1.16 bits per heavy atom. The van der Waals surface area contributed by atoms with Crippen LogP contribution in [0.4, 0.5) is 11.4 Å². The molecule has 2 aromatic carbocycles. The Hall–Kier alpha value is -1.85. The van der Waals surface area contributed by atoms with Gasteiger partial charge in [0.05, 0.1) is 0 Å². The van der Waals surface area contributed by atoms with Gasteiger partial charge in [-0.05, 0) is 63.1 Å². The quantitative estimate of drug-likeness (QED) is 0.776. The van der Waals surface area contributed by atoms with Crippen LogP contribution >= 0.6 is 12.4 Å². The van der Waals surface area contributed by atoms with Crippen LogP contribution in [0.2, 0.25) is 0 Å². The summed E-state index contributed by atoms with van der Waals surface area (Å²) in [5.74, 6) is 0.263. The van der Waals surface area contributed by atoms with E-state index in [-0.39, 0.29) is 23.1 Å². The molecule has 0 spiro atoms. The lowest BCUT2D eigenvalue weighted by atomic mass is 10.1. The van der Waals surface area contributed by atoms with Crippen molar-refractivity contribution in [2.45, 2.75) is 38.2 Å². The van der Waals surface area contributed by atoms with Gasteiger partial charge in [-0.3, -0.25) is 9.00 Å². The zero-order chi connectivity index (χ0) is 17.9. The number of aryl methyl sites for hydroxylation is 1. The highest BCUT2D eigenvalue weighted by Gasteiger charge is 2.19. The maximum Gasteiger partial charge on any atom is 0.256 e. The summed E-state index contributed by atoms with van der Waals surface area (Å²) in [6.45, 7) is 7.74. The Kier molecular flexibility index (Phi) is 7.20. The molecule has 0 aliphatic rings. The van der Waals surface area contributed by atoms with Crippen molar-refractivity contribution in [2.75, 3.05) is 11.1 Å². The summed E-state index contributed by atoms with van der Waals surface area (Å²) in [6, 6.07) is 12.7. The van der Waals surface area contributed by atoms with Gasteiger partial charge in [0, 0.05) is 38.2 Å². The Morgan fingerprint density at radius 3 is 2.48 bits per heavy atom. The minimum absolute atomic E-state index is 0. The van der Waals surface area contributed by atoms with Gasteiger partial charge in [0.25, 0.3) is 5.91 Å². The fourth-order valence-corrected chi connectivity index (χ4v) is 3.10. The second-order valence-electron chi connectivity index (χ2n) is 6.83. The Morgan fingerprint density at radius 2 is 1.84 bits per heavy atom. The van der Waals surface area contributed by atoms with Gasteiger partial charge in [-0.2, -0.15) is 0 Å². The number of hydrogen-bond donors (Lipinski definition) is 2. The van der Waals surface area contributed by atoms with Gasteiger partial charge < -0.3 is 11.1 Å². The number of benzene rings is 2. The fraction of sp³-hybridized carbons (Fsp3) is 0.316. The number of nitrogens with two attached hydrogens (primary N) is 1. The van der Waals surface area contributed by atoms with E-state index in [1.165, 1.54) is 0 Å². The molecule has 1 atom stereocenters. The van der Waals surface area contributed by atoms with Crippen molar-refractivity contribution in [3.8, 4) is 0 Å². The van der Waals surface area contributed by atoms with E-state index in [0.717, 1.165) is 11.1 Å². The molecule has 0 aromatic heterocycles. The number of nitrogen functional groups attached to an aromatic ring is 1. The highest BCUT2D eigenvalue weighted by atomic mass is 35.5. The Labute approximate surface area is 158 Å². The molecular weight excluding hydrogens is 356 g/mol. The smallest absolute Gasteiger partial charge is 0.256 e. The molecule has 6 heteroatoms. The van der Waals surface area contributed by atoms with Crippen molar-refractivity contribution < 1.29 is 9.00 Å². The van der Waals surface area contributed by atoms with Crippen LogP contribution in [-0.2, 0) is 16.6 Å². The minimum atomic E-state index is -0.981. The maximum atomic E-state index is 12.5. The number of carbonyl (C=O) groups excluding carboxylic acids is 1. The summed E-state index contributed by atoms with van der Waals surface area (Å²) in [5.41, 5.74) is 9.36. The topological polar surface area (TPSA) is 72.2 Å². The molecule has 0 bridgehead atoms. The third kappa shape index (κ3) is 5.87. The van der Waals surface area contributed by atoms with Crippen LogP contribution in [0, 0.1) is 6.92 Å². The standard InChI is InChI=1S/C19H24N2O2S.ClH/c1-13-8-9-15(20)11-17(13)18(22)21-16-7-5-6-14(10-16)12-24(23)19(2,3)4;/h5-11H,12,20H2,1-4H3,(H,21,22);1H. The minimum Gasteiger partial charge on any atom is -0.399 e. The lowest BCUT2D eigenvalue weighted by Crippen LogP contribution is -2.23. The normalized spacial score (nSPS) is 12.2. The molecule has 3 N–H and O–H groups in total.